The molecule has 0 fully saturated rings. The first-order valence-corrected chi connectivity index (χ1v) is 5.84. The van der Waals surface area contributed by atoms with Gasteiger partial charge in [0.1, 0.15) is 5.03 Å². The number of aromatic amines is 1. The molecule has 84 valence electrons. The molecule has 1 aromatic carbocycles. The van der Waals surface area contributed by atoms with Gasteiger partial charge in [-0.1, -0.05) is 18.2 Å². The van der Waals surface area contributed by atoms with Gasteiger partial charge in [0.2, 0.25) is 5.95 Å². The zero-order valence-corrected chi connectivity index (χ0v) is 9.61. The SMILES string of the molecule is Nc1nc(Sc2ncc[nH]2)c2ccccc2n1. The lowest BCUT2D eigenvalue weighted by molar-refractivity contribution is 1.04. The average molecular weight is 243 g/mol. The fourth-order valence-electron chi connectivity index (χ4n) is 1.54. The maximum absolute atomic E-state index is 5.69. The van der Waals surface area contributed by atoms with Crippen molar-refractivity contribution in [2.45, 2.75) is 10.2 Å². The number of imidazole rings is 1. The van der Waals surface area contributed by atoms with Crippen LogP contribution in [0.3, 0.4) is 0 Å². The Balaban J connectivity index is 2.14. The minimum absolute atomic E-state index is 0.276. The highest BCUT2D eigenvalue weighted by molar-refractivity contribution is 7.99. The van der Waals surface area contributed by atoms with E-state index in [2.05, 4.69) is 19.9 Å². The summed E-state index contributed by atoms with van der Waals surface area (Å²) < 4.78 is 0. The van der Waals surface area contributed by atoms with E-state index in [0.717, 1.165) is 21.1 Å². The molecule has 0 aliphatic heterocycles. The molecule has 0 aliphatic carbocycles. The number of benzene rings is 1. The van der Waals surface area contributed by atoms with Gasteiger partial charge in [0, 0.05) is 17.8 Å². The Labute approximate surface area is 102 Å². The molecule has 3 N–H and O–H groups in total. The van der Waals surface area contributed by atoms with Crippen LogP contribution in [0.15, 0.2) is 46.8 Å². The Hall–Kier alpha value is -2.08. The second-order valence-electron chi connectivity index (χ2n) is 3.40. The number of para-hydroxylation sites is 1. The van der Waals surface area contributed by atoms with Crippen LogP contribution in [0.5, 0.6) is 0 Å². The summed E-state index contributed by atoms with van der Waals surface area (Å²) >= 11 is 1.44. The highest BCUT2D eigenvalue weighted by atomic mass is 32.2. The Kier molecular flexibility index (Phi) is 2.41. The Morgan fingerprint density at radius 3 is 2.88 bits per heavy atom. The molecule has 0 saturated carbocycles. The molecule has 0 radical (unpaired) electrons. The van der Waals surface area contributed by atoms with Gasteiger partial charge < -0.3 is 10.7 Å². The van der Waals surface area contributed by atoms with E-state index in [4.69, 9.17) is 5.73 Å². The van der Waals surface area contributed by atoms with Gasteiger partial charge in [-0.3, -0.25) is 0 Å². The van der Waals surface area contributed by atoms with Crippen LogP contribution in [0.1, 0.15) is 0 Å². The lowest BCUT2D eigenvalue weighted by Crippen LogP contribution is -1.97. The molecule has 0 saturated heterocycles. The molecule has 0 bridgehead atoms. The average Bonchev–Trinajstić information content (AvgIpc) is 2.81. The van der Waals surface area contributed by atoms with Gasteiger partial charge in [-0.25, -0.2) is 15.0 Å². The third kappa shape index (κ3) is 1.94. The van der Waals surface area contributed by atoms with Gasteiger partial charge in [-0.15, -0.1) is 0 Å². The fourth-order valence-corrected chi connectivity index (χ4v) is 2.39. The van der Waals surface area contributed by atoms with Crippen LogP contribution in [0, 0.1) is 0 Å². The topological polar surface area (TPSA) is 80.5 Å². The first-order valence-electron chi connectivity index (χ1n) is 5.02. The lowest BCUT2D eigenvalue weighted by atomic mass is 10.2. The second-order valence-corrected chi connectivity index (χ2v) is 4.38. The van der Waals surface area contributed by atoms with Crippen LogP contribution in [0.4, 0.5) is 5.95 Å². The summed E-state index contributed by atoms with van der Waals surface area (Å²) in [5.74, 6) is 0.276. The predicted molar refractivity (Wildman–Crippen MR) is 66.7 cm³/mol. The molecule has 0 unspecified atom stereocenters. The maximum Gasteiger partial charge on any atom is 0.221 e. The molecular weight excluding hydrogens is 234 g/mol. The standard InChI is InChI=1S/C11H9N5S/c12-10-15-8-4-2-1-3-7(8)9(16-10)17-11-13-5-6-14-11/h1-6H,(H,13,14)(H2,12,15,16). The third-order valence-electron chi connectivity index (χ3n) is 2.25. The second kappa shape index (κ2) is 4.06. The first-order chi connectivity index (χ1) is 8.33. The Morgan fingerprint density at radius 2 is 2.06 bits per heavy atom. The highest BCUT2D eigenvalue weighted by Crippen LogP contribution is 2.29. The Morgan fingerprint density at radius 1 is 1.18 bits per heavy atom. The molecular formula is C11H9N5S. The molecule has 17 heavy (non-hydrogen) atoms. The lowest BCUT2D eigenvalue weighted by Gasteiger charge is -2.04. The van der Waals surface area contributed by atoms with Crippen molar-refractivity contribution in [1.82, 2.24) is 19.9 Å². The Bertz CT molecular complexity index is 650. The zero-order chi connectivity index (χ0) is 11.7. The van der Waals surface area contributed by atoms with E-state index >= 15 is 0 Å². The molecule has 0 spiro atoms. The molecule has 0 aliphatic rings. The number of nitrogens with zero attached hydrogens (tertiary/aromatic N) is 3. The number of aromatic nitrogens is 4. The molecule has 0 amide bonds. The molecule has 6 heteroatoms. The molecule has 0 atom stereocenters. The number of H-pyrrole nitrogens is 1. The van der Waals surface area contributed by atoms with E-state index in [1.54, 1.807) is 12.4 Å². The number of hydrogen-bond acceptors (Lipinski definition) is 5. The number of anilines is 1. The van der Waals surface area contributed by atoms with Crippen LogP contribution in [0.25, 0.3) is 10.9 Å². The number of rotatable bonds is 2. The van der Waals surface area contributed by atoms with Gasteiger partial charge >= 0.3 is 0 Å². The van der Waals surface area contributed by atoms with Gasteiger partial charge in [0.15, 0.2) is 5.16 Å². The highest BCUT2D eigenvalue weighted by Gasteiger charge is 2.08. The summed E-state index contributed by atoms with van der Waals surface area (Å²) in [4.78, 5) is 15.6. The summed E-state index contributed by atoms with van der Waals surface area (Å²) in [5, 5.41) is 2.57. The third-order valence-corrected chi connectivity index (χ3v) is 3.17. The fraction of sp³-hybridized carbons (Fsp3) is 0. The van der Waals surface area contributed by atoms with E-state index in [1.165, 1.54) is 11.8 Å². The minimum atomic E-state index is 0.276. The summed E-state index contributed by atoms with van der Waals surface area (Å²) in [6, 6.07) is 7.77. The van der Waals surface area contributed by atoms with Crippen molar-refractivity contribution < 1.29 is 0 Å². The molecule has 3 aromatic rings. The molecule has 3 rings (SSSR count). The van der Waals surface area contributed by atoms with Crippen molar-refractivity contribution in [2.24, 2.45) is 0 Å². The van der Waals surface area contributed by atoms with Crippen LogP contribution < -0.4 is 5.73 Å². The summed E-state index contributed by atoms with van der Waals surface area (Å²) in [5.41, 5.74) is 6.53. The van der Waals surface area contributed by atoms with E-state index in [-0.39, 0.29) is 5.95 Å². The molecule has 2 aromatic heterocycles. The maximum atomic E-state index is 5.69. The summed E-state index contributed by atoms with van der Waals surface area (Å²) in [7, 11) is 0. The number of nitrogen functional groups attached to an aromatic ring is 1. The summed E-state index contributed by atoms with van der Waals surface area (Å²) in [6.07, 6.45) is 3.48. The quantitative estimate of drug-likeness (QED) is 0.673. The van der Waals surface area contributed by atoms with Gasteiger partial charge in [0.25, 0.3) is 0 Å². The van der Waals surface area contributed by atoms with Crippen molar-refractivity contribution in [3.05, 3.63) is 36.7 Å². The predicted octanol–water partition coefficient (Wildman–Crippen LogP) is 2.09. The van der Waals surface area contributed by atoms with Crippen molar-refractivity contribution >= 4 is 28.6 Å². The number of nitrogens with one attached hydrogen (secondary N) is 1. The van der Waals surface area contributed by atoms with Crippen molar-refractivity contribution in [3.63, 3.8) is 0 Å². The van der Waals surface area contributed by atoms with E-state index < -0.39 is 0 Å². The summed E-state index contributed by atoms with van der Waals surface area (Å²) in [6.45, 7) is 0. The minimum Gasteiger partial charge on any atom is -0.368 e. The van der Waals surface area contributed by atoms with Crippen molar-refractivity contribution in [2.75, 3.05) is 5.73 Å². The molecule has 2 heterocycles. The zero-order valence-electron chi connectivity index (χ0n) is 8.79. The van der Waals surface area contributed by atoms with Crippen LogP contribution >= 0.6 is 11.8 Å². The van der Waals surface area contributed by atoms with Gasteiger partial charge in [-0.05, 0) is 17.8 Å². The van der Waals surface area contributed by atoms with Gasteiger partial charge in [0.05, 0.1) is 5.52 Å². The number of nitrogens with two attached hydrogens (primary N) is 1. The van der Waals surface area contributed by atoms with Crippen molar-refractivity contribution in [3.8, 4) is 0 Å². The van der Waals surface area contributed by atoms with E-state index in [0.29, 0.717) is 0 Å². The number of fused-ring (bicyclic) bond motifs is 1. The van der Waals surface area contributed by atoms with Crippen molar-refractivity contribution in [1.29, 1.82) is 0 Å². The normalized spacial score (nSPS) is 10.8. The van der Waals surface area contributed by atoms with Gasteiger partial charge in [-0.2, -0.15) is 0 Å². The number of hydrogen-bond donors (Lipinski definition) is 2. The first kappa shape index (κ1) is 10.1. The van der Waals surface area contributed by atoms with Crippen LogP contribution in [-0.2, 0) is 0 Å². The monoisotopic (exact) mass is 243 g/mol. The largest absolute Gasteiger partial charge is 0.368 e. The van der Waals surface area contributed by atoms with Crippen LogP contribution in [-0.4, -0.2) is 19.9 Å². The molecule has 5 nitrogen and oxygen atoms in total. The van der Waals surface area contributed by atoms with E-state index in [9.17, 15) is 0 Å². The van der Waals surface area contributed by atoms with E-state index in [1.807, 2.05) is 24.3 Å². The smallest absolute Gasteiger partial charge is 0.221 e. The van der Waals surface area contributed by atoms with Crippen LogP contribution in [0.2, 0.25) is 0 Å².